The summed E-state index contributed by atoms with van der Waals surface area (Å²) in [5.41, 5.74) is 1.34. The molecule has 1 heterocycles. The first-order valence-corrected chi connectivity index (χ1v) is 10.3. The molecule has 32 heavy (non-hydrogen) atoms. The summed E-state index contributed by atoms with van der Waals surface area (Å²) in [4.78, 5) is 30.0. The van der Waals surface area contributed by atoms with Gasteiger partial charge in [-0.05, 0) is 48.9 Å². The lowest BCUT2D eigenvalue weighted by atomic mass is 9.84. The van der Waals surface area contributed by atoms with Crippen molar-refractivity contribution in [2.75, 3.05) is 11.9 Å². The van der Waals surface area contributed by atoms with Crippen LogP contribution in [0.15, 0.2) is 48.5 Å². The maximum Gasteiger partial charge on any atom is 0.418 e. The number of nitrogens with zero attached hydrogens (tertiary/aromatic N) is 1. The molecule has 0 aliphatic heterocycles. The topological polar surface area (TPSA) is 68.3 Å². The predicted molar refractivity (Wildman–Crippen MR) is 113 cm³/mol. The highest BCUT2D eigenvalue weighted by Gasteiger charge is 2.33. The number of hydrogen-bond donors (Lipinski definition) is 1. The molecular weight excluding hydrogens is 421 g/mol. The molecule has 4 rings (SSSR count). The van der Waals surface area contributed by atoms with Gasteiger partial charge in [-0.1, -0.05) is 37.3 Å². The fraction of sp³-hybridized carbons (Fsp3) is 0.292. The van der Waals surface area contributed by atoms with Gasteiger partial charge >= 0.3 is 12.1 Å². The first-order chi connectivity index (χ1) is 15.2. The molecule has 2 aromatic carbocycles. The molecule has 1 amide bonds. The van der Waals surface area contributed by atoms with Crippen LogP contribution in [0.1, 0.15) is 40.5 Å². The van der Waals surface area contributed by atoms with Crippen LogP contribution in [-0.4, -0.2) is 23.5 Å². The van der Waals surface area contributed by atoms with E-state index in [-0.39, 0.29) is 5.69 Å². The van der Waals surface area contributed by atoms with E-state index in [1.165, 1.54) is 12.1 Å². The highest BCUT2D eigenvalue weighted by Crippen LogP contribution is 2.35. The monoisotopic (exact) mass is 442 g/mol. The zero-order valence-electron chi connectivity index (χ0n) is 17.3. The number of carbonyl (C=O) groups is 2. The van der Waals surface area contributed by atoms with Gasteiger partial charge in [0.15, 0.2) is 6.61 Å². The smallest absolute Gasteiger partial charge is 0.418 e. The highest BCUT2D eigenvalue weighted by atomic mass is 19.4. The number of amides is 1. The number of fused-ring (bicyclic) bond motifs is 2. The Kier molecular flexibility index (Phi) is 5.86. The molecule has 0 saturated carbocycles. The van der Waals surface area contributed by atoms with E-state index < -0.39 is 30.2 Å². The molecule has 1 aromatic heterocycles. The summed E-state index contributed by atoms with van der Waals surface area (Å²) in [6.45, 7) is 1.39. The van der Waals surface area contributed by atoms with Crippen LogP contribution in [0.5, 0.6) is 0 Å². The number of ether oxygens (including phenoxy) is 1. The van der Waals surface area contributed by atoms with Crippen molar-refractivity contribution in [2.45, 2.75) is 32.4 Å². The van der Waals surface area contributed by atoms with Crippen molar-refractivity contribution < 1.29 is 27.5 Å². The number of aryl methyl sites for hydroxylation is 1. The third-order valence-electron chi connectivity index (χ3n) is 5.55. The van der Waals surface area contributed by atoms with E-state index in [0.717, 1.165) is 36.2 Å². The lowest BCUT2D eigenvalue weighted by Crippen LogP contribution is -2.24. The van der Waals surface area contributed by atoms with Crippen molar-refractivity contribution >= 4 is 28.5 Å². The Balaban J connectivity index is 1.56. The van der Waals surface area contributed by atoms with Crippen LogP contribution in [0.2, 0.25) is 0 Å². The van der Waals surface area contributed by atoms with Crippen molar-refractivity contribution in [1.29, 1.82) is 0 Å². The van der Waals surface area contributed by atoms with Gasteiger partial charge in [0, 0.05) is 11.1 Å². The van der Waals surface area contributed by atoms with Crippen molar-refractivity contribution in [3.63, 3.8) is 0 Å². The third kappa shape index (κ3) is 4.44. The molecule has 3 aromatic rings. The number of aromatic nitrogens is 1. The molecule has 0 radical (unpaired) electrons. The molecule has 0 spiro atoms. The summed E-state index contributed by atoms with van der Waals surface area (Å²) in [6.07, 6.45) is -2.24. The van der Waals surface area contributed by atoms with Gasteiger partial charge in [0.05, 0.1) is 22.3 Å². The van der Waals surface area contributed by atoms with E-state index in [1.807, 2.05) is 12.1 Å². The number of benzene rings is 2. The SMILES string of the molecule is C[C@@H]1CCc2nc3ccccc3c(C(=O)OCC(=O)Nc3ccccc3C(F)(F)F)c2C1. The first-order valence-electron chi connectivity index (χ1n) is 10.3. The minimum Gasteiger partial charge on any atom is -0.452 e. The van der Waals surface area contributed by atoms with Gasteiger partial charge in [0.1, 0.15) is 0 Å². The Labute approximate surface area is 182 Å². The number of para-hydroxylation sites is 2. The summed E-state index contributed by atoms with van der Waals surface area (Å²) in [6, 6.07) is 11.8. The summed E-state index contributed by atoms with van der Waals surface area (Å²) in [5.74, 6) is -1.16. The number of esters is 1. The third-order valence-corrected chi connectivity index (χ3v) is 5.55. The molecular formula is C24H21F3N2O3. The van der Waals surface area contributed by atoms with E-state index >= 15 is 0 Å². The number of alkyl halides is 3. The zero-order chi connectivity index (χ0) is 22.9. The molecule has 0 saturated heterocycles. The van der Waals surface area contributed by atoms with Crippen molar-refractivity contribution in [2.24, 2.45) is 5.92 Å². The molecule has 166 valence electrons. The van der Waals surface area contributed by atoms with Gasteiger partial charge in [-0.15, -0.1) is 0 Å². The Morgan fingerprint density at radius 3 is 2.62 bits per heavy atom. The van der Waals surface area contributed by atoms with E-state index in [9.17, 15) is 22.8 Å². The number of rotatable bonds is 4. The van der Waals surface area contributed by atoms with Gasteiger partial charge in [-0.3, -0.25) is 9.78 Å². The maximum absolute atomic E-state index is 13.1. The van der Waals surface area contributed by atoms with E-state index in [0.29, 0.717) is 28.8 Å². The molecule has 5 nitrogen and oxygen atoms in total. The second-order valence-electron chi connectivity index (χ2n) is 7.94. The number of carbonyl (C=O) groups excluding carboxylic acids is 2. The molecule has 0 bridgehead atoms. The number of nitrogens with one attached hydrogen (secondary N) is 1. The predicted octanol–water partition coefficient (Wildman–Crippen LogP) is 5.17. The van der Waals surface area contributed by atoms with Gasteiger partial charge in [0.25, 0.3) is 5.91 Å². The number of anilines is 1. The highest BCUT2D eigenvalue weighted by molar-refractivity contribution is 6.06. The van der Waals surface area contributed by atoms with Crippen LogP contribution in [0.3, 0.4) is 0 Å². The Morgan fingerprint density at radius 1 is 1.12 bits per heavy atom. The fourth-order valence-electron chi connectivity index (χ4n) is 4.02. The van der Waals surface area contributed by atoms with Crippen molar-refractivity contribution in [1.82, 2.24) is 4.98 Å². The minimum absolute atomic E-state index is 0.374. The molecule has 0 unspecified atom stereocenters. The van der Waals surface area contributed by atoms with E-state index in [2.05, 4.69) is 17.2 Å². The Bertz CT molecular complexity index is 1190. The maximum atomic E-state index is 13.1. The second kappa shape index (κ2) is 8.61. The second-order valence-corrected chi connectivity index (χ2v) is 7.94. The number of hydrogen-bond acceptors (Lipinski definition) is 4. The molecule has 1 atom stereocenters. The van der Waals surface area contributed by atoms with Gasteiger partial charge in [-0.25, -0.2) is 4.79 Å². The van der Waals surface area contributed by atoms with Crippen LogP contribution in [0.25, 0.3) is 10.9 Å². The standard InChI is InChI=1S/C24H21F3N2O3/c1-14-10-11-19-16(12-14)22(15-6-2-4-8-18(15)28-19)23(31)32-13-21(30)29-20-9-5-3-7-17(20)24(25,26)27/h2-9,14H,10-13H2,1H3,(H,29,30)/t14-/m1/s1. The Morgan fingerprint density at radius 2 is 1.84 bits per heavy atom. The quantitative estimate of drug-likeness (QED) is 0.566. The van der Waals surface area contributed by atoms with Gasteiger partial charge in [-0.2, -0.15) is 13.2 Å². The largest absolute Gasteiger partial charge is 0.452 e. The van der Waals surface area contributed by atoms with Crippen LogP contribution in [-0.2, 0) is 28.5 Å². The lowest BCUT2D eigenvalue weighted by Gasteiger charge is -2.24. The average Bonchev–Trinajstić information content (AvgIpc) is 2.75. The van der Waals surface area contributed by atoms with E-state index in [1.54, 1.807) is 12.1 Å². The van der Waals surface area contributed by atoms with E-state index in [4.69, 9.17) is 4.74 Å². The fourth-order valence-corrected chi connectivity index (χ4v) is 4.02. The minimum atomic E-state index is -4.62. The van der Waals surface area contributed by atoms with Crippen molar-refractivity contribution in [3.8, 4) is 0 Å². The number of halogens is 3. The van der Waals surface area contributed by atoms with Crippen LogP contribution in [0.4, 0.5) is 18.9 Å². The van der Waals surface area contributed by atoms with Gasteiger partial charge < -0.3 is 10.1 Å². The molecule has 0 fully saturated rings. The molecule has 1 aliphatic rings. The normalized spacial score (nSPS) is 15.8. The average molecular weight is 442 g/mol. The van der Waals surface area contributed by atoms with Crippen LogP contribution in [0, 0.1) is 5.92 Å². The Hall–Kier alpha value is -3.42. The zero-order valence-corrected chi connectivity index (χ0v) is 17.3. The van der Waals surface area contributed by atoms with Crippen molar-refractivity contribution in [3.05, 3.63) is 70.9 Å². The summed E-state index contributed by atoms with van der Waals surface area (Å²) < 4.78 is 44.6. The van der Waals surface area contributed by atoms with Crippen LogP contribution >= 0.6 is 0 Å². The lowest BCUT2D eigenvalue weighted by molar-refractivity contribution is -0.137. The first kappa shape index (κ1) is 21.8. The summed E-state index contributed by atoms with van der Waals surface area (Å²) in [5, 5.41) is 2.81. The van der Waals surface area contributed by atoms with Gasteiger partial charge in [0.2, 0.25) is 0 Å². The van der Waals surface area contributed by atoms with Crippen LogP contribution < -0.4 is 5.32 Å². The number of pyridine rings is 1. The summed E-state index contributed by atoms with van der Waals surface area (Å²) in [7, 11) is 0. The molecule has 1 aliphatic carbocycles. The molecule has 8 heteroatoms. The molecule has 1 N–H and O–H groups in total. The summed E-state index contributed by atoms with van der Waals surface area (Å²) >= 11 is 0.